The highest BCUT2D eigenvalue weighted by Gasteiger charge is 2.18. The van der Waals surface area contributed by atoms with E-state index in [0.717, 1.165) is 31.5 Å². The number of rotatable bonds is 4. The van der Waals surface area contributed by atoms with Crippen molar-refractivity contribution in [2.45, 2.75) is 25.8 Å². The van der Waals surface area contributed by atoms with Gasteiger partial charge in [0.1, 0.15) is 0 Å². The molecule has 1 fully saturated rings. The van der Waals surface area contributed by atoms with Crippen LogP contribution in [-0.4, -0.2) is 33.7 Å². The molecule has 9 heteroatoms. The first kappa shape index (κ1) is 18.9. The molecule has 1 aromatic heterocycles. The van der Waals surface area contributed by atoms with E-state index in [0.29, 0.717) is 11.4 Å². The number of carbonyl (C=O) groups excluding carboxylic acids is 1. The van der Waals surface area contributed by atoms with Crippen LogP contribution in [0.4, 0.5) is 11.4 Å². The van der Waals surface area contributed by atoms with Gasteiger partial charge in [-0.2, -0.15) is 5.10 Å². The number of nitrogens with zero attached hydrogens (tertiary/aromatic N) is 3. The first-order valence-corrected chi connectivity index (χ1v) is 7.87. The van der Waals surface area contributed by atoms with E-state index in [2.05, 4.69) is 15.7 Å². The van der Waals surface area contributed by atoms with E-state index < -0.39 is 4.92 Å². The van der Waals surface area contributed by atoms with E-state index in [-0.39, 0.29) is 30.0 Å². The van der Waals surface area contributed by atoms with Crippen LogP contribution in [0.15, 0.2) is 30.5 Å². The van der Waals surface area contributed by atoms with Crippen molar-refractivity contribution >= 4 is 29.7 Å². The number of carbonyl (C=O) groups is 1. The van der Waals surface area contributed by atoms with Crippen LogP contribution in [0.25, 0.3) is 0 Å². The summed E-state index contributed by atoms with van der Waals surface area (Å²) < 4.78 is 1.81. The van der Waals surface area contributed by atoms with Crippen molar-refractivity contribution < 1.29 is 9.72 Å². The molecule has 1 aliphatic rings. The van der Waals surface area contributed by atoms with Gasteiger partial charge in [-0.05, 0) is 37.9 Å². The average molecular weight is 366 g/mol. The molecule has 0 bridgehead atoms. The van der Waals surface area contributed by atoms with Gasteiger partial charge in [0.05, 0.1) is 16.7 Å². The lowest BCUT2D eigenvalue weighted by atomic mass is 10.1. The van der Waals surface area contributed by atoms with Crippen molar-refractivity contribution in [1.82, 2.24) is 15.1 Å². The molecule has 1 aromatic carbocycles. The fourth-order valence-corrected chi connectivity index (χ4v) is 2.77. The quantitative estimate of drug-likeness (QED) is 0.640. The number of non-ortho nitro benzene ring substituents is 1. The molecule has 1 unspecified atom stereocenters. The number of anilines is 1. The maximum Gasteiger partial charge on any atom is 0.276 e. The lowest BCUT2D eigenvalue weighted by Crippen LogP contribution is -2.32. The average Bonchev–Trinajstić information content (AvgIpc) is 3.07. The second-order valence-electron chi connectivity index (χ2n) is 5.89. The summed E-state index contributed by atoms with van der Waals surface area (Å²) in [5.41, 5.74) is 1.41. The van der Waals surface area contributed by atoms with E-state index in [1.807, 2.05) is 0 Å². The molecule has 0 radical (unpaired) electrons. The highest BCUT2D eigenvalue weighted by atomic mass is 35.5. The summed E-state index contributed by atoms with van der Waals surface area (Å²) in [4.78, 5) is 22.8. The standard InChI is InChI=1S/C16H19N5O3.ClH/c1-11-4-5-12(21(23)24)9-15(11)18-16(22)14-6-8-20(19-14)13-3-2-7-17-10-13;/h4-6,8-9,13,17H,2-3,7,10H2,1H3,(H,18,22);1H. The summed E-state index contributed by atoms with van der Waals surface area (Å²) in [6.45, 7) is 3.63. The Labute approximate surface area is 151 Å². The van der Waals surface area contributed by atoms with Gasteiger partial charge in [0.2, 0.25) is 0 Å². The summed E-state index contributed by atoms with van der Waals surface area (Å²) in [6, 6.07) is 6.29. The number of piperidine rings is 1. The van der Waals surface area contributed by atoms with Crippen molar-refractivity contribution in [2.24, 2.45) is 0 Å². The Balaban J connectivity index is 0.00000225. The number of hydrogen-bond donors (Lipinski definition) is 2. The molecular formula is C16H20ClN5O3. The van der Waals surface area contributed by atoms with Crippen LogP contribution in [0, 0.1) is 17.0 Å². The van der Waals surface area contributed by atoms with E-state index in [4.69, 9.17) is 0 Å². The Bertz CT molecular complexity index is 771. The smallest absolute Gasteiger partial charge is 0.276 e. The van der Waals surface area contributed by atoms with Crippen molar-refractivity contribution in [3.63, 3.8) is 0 Å². The second-order valence-corrected chi connectivity index (χ2v) is 5.89. The Morgan fingerprint density at radius 3 is 2.92 bits per heavy atom. The van der Waals surface area contributed by atoms with E-state index in [1.54, 1.807) is 29.9 Å². The van der Waals surface area contributed by atoms with Crippen molar-refractivity contribution in [1.29, 1.82) is 0 Å². The summed E-state index contributed by atoms with van der Waals surface area (Å²) in [5, 5.41) is 21.2. The molecule has 25 heavy (non-hydrogen) atoms. The number of aromatic nitrogens is 2. The number of nitro benzene ring substituents is 1. The fraction of sp³-hybridized carbons (Fsp3) is 0.375. The van der Waals surface area contributed by atoms with Crippen LogP contribution in [0.1, 0.15) is 34.9 Å². The molecular weight excluding hydrogens is 346 g/mol. The third kappa shape index (κ3) is 4.34. The predicted octanol–water partition coefficient (Wildman–Crippen LogP) is 2.70. The molecule has 0 spiro atoms. The number of hydrogen-bond acceptors (Lipinski definition) is 5. The Morgan fingerprint density at radius 1 is 1.44 bits per heavy atom. The van der Waals surface area contributed by atoms with Crippen molar-refractivity contribution in [2.75, 3.05) is 18.4 Å². The van der Waals surface area contributed by atoms with Gasteiger partial charge < -0.3 is 10.6 Å². The third-order valence-corrected chi connectivity index (χ3v) is 4.17. The van der Waals surface area contributed by atoms with E-state index >= 15 is 0 Å². The molecule has 1 amide bonds. The first-order chi connectivity index (χ1) is 11.5. The molecule has 134 valence electrons. The van der Waals surface area contributed by atoms with Crippen LogP contribution >= 0.6 is 12.4 Å². The zero-order valence-corrected chi connectivity index (χ0v) is 14.6. The van der Waals surface area contributed by atoms with Crippen LogP contribution in [0.5, 0.6) is 0 Å². The number of halogens is 1. The molecule has 1 aliphatic heterocycles. The lowest BCUT2D eigenvalue weighted by molar-refractivity contribution is -0.384. The zero-order valence-electron chi connectivity index (χ0n) is 13.8. The molecule has 0 saturated carbocycles. The second kappa shape index (κ2) is 8.09. The number of amides is 1. The SMILES string of the molecule is Cc1ccc([N+](=O)[O-])cc1NC(=O)c1ccn(C2CCCNC2)n1.Cl. The van der Waals surface area contributed by atoms with Gasteiger partial charge in [-0.3, -0.25) is 19.6 Å². The van der Waals surface area contributed by atoms with E-state index in [1.165, 1.54) is 12.1 Å². The molecule has 2 N–H and O–H groups in total. The number of aryl methyl sites for hydroxylation is 1. The van der Waals surface area contributed by atoms with Gasteiger partial charge in [0.25, 0.3) is 11.6 Å². The van der Waals surface area contributed by atoms with Crippen LogP contribution in [0.3, 0.4) is 0 Å². The van der Waals surface area contributed by atoms with Crippen LogP contribution in [0.2, 0.25) is 0 Å². The summed E-state index contributed by atoms with van der Waals surface area (Å²) >= 11 is 0. The van der Waals surface area contributed by atoms with Gasteiger partial charge in [-0.1, -0.05) is 6.07 Å². The number of nitro groups is 1. The van der Waals surface area contributed by atoms with Crippen molar-refractivity contribution in [3.05, 3.63) is 51.8 Å². The van der Waals surface area contributed by atoms with Gasteiger partial charge in [-0.15, -0.1) is 12.4 Å². The largest absolute Gasteiger partial charge is 0.320 e. The number of benzene rings is 1. The highest BCUT2D eigenvalue weighted by molar-refractivity contribution is 6.03. The fourth-order valence-electron chi connectivity index (χ4n) is 2.77. The molecule has 8 nitrogen and oxygen atoms in total. The summed E-state index contributed by atoms with van der Waals surface area (Å²) in [7, 11) is 0. The van der Waals surface area contributed by atoms with Crippen molar-refractivity contribution in [3.8, 4) is 0 Å². The van der Waals surface area contributed by atoms with Gasteiger partial charge in [0, 0.05) is 24.9 Å². The molecule has 3 rings (SSSR count). The number of nitrogens with one attached hydrogen (secondary N) is 2. The lowest BCUT2D eigenvalue weighted by Gasteiger charge is -2.22. The molecule has 2 aromatic rings. The maximum atomic E-state index is 12.4. The van der Waals surface area contributed by atoms with Crippen LogP contribution < -0.4 is 10.6 Å². The van der Waals surface area contributed by atoms with Gasteiger partial charge in [-0.25, -0.2) is 0 Å². The molecule has 1 saturated heterocycles. The monoisotopic (exact) mass is 365 g/mol. The Kier molecular flexibility index (Phi) is 6.11. The Morgan fingerprint density at radius 2 is 2.24 bits per heavy atom. The maximum absolute atomic E-state index is 12.4. The zero-order chi connectivity index (χ0) is 17.1. The minimum absolute atomic E-state index is 0. The summed E-state index contributed by atoms with van der Waals surface area (Å²) in [6.07, 6.45) is 3.91. The Hall–Kier alpha value is -2.45. The summed E-state index contributed by atoms with van der Waals surface area (Å²) in [5.74, 6) is -0.374. The highest BCUT2D eigenvalue weighted by Crippen LogP contribution is 2.22. The third-order valence-electron chi connectivity index (χ3n) is 4.17. The normalized spacial score (nSPS) is 16.8. The molecule has 0 aliphatic carbocycles. The minimum Gasteiger partial charge on any atom is -0.320 e. The topological polar surface area (TPSA) is 102 Å². The van der Waals surface area contributed by atoms with Gasteiger partial charge in [0.15, 0.2) is 5.69 Å². The molecule has 1 atom stereocenters. The molecule has 2 heterocycles. The van der Waals surface area contributed by atoms with Gasteiger partial charge >= 0.3 is 0 Å². The van der Waals surface area contributed by atoms with Crippen LogP contribution in [-0.2, 0) is 0 Å². The minimum atomic E-state index is -0.486. The first-order valence-electron chi connectivity index (χ1n) is 7.87. The van der Waals surface area contributed by atoms with E-state index in [9.17, 15) is 14.9 Å². The predicted molar refractivity (Wildman–Crippen MR) is 96.4 cm³/mol.